The first-order valence-electron chi connectivity index (χ1n) is 5.91. The van der Waals surface area contributed by atoms with Crippen molar-refractivity contribution >= 4 is 21.9 Å². The largest absolute Gasteiger partial charge is 0.341 e. The van der Waals surface area contributed by atoms with E-state index in [1.165, 1.54) is 0 Å². The van der Waals surface area contributed by atoms with Crippen LogP contribution in [0.15, 0.2) is 24.3 Å². The summed E-state index contributed by atoms with van der Waals surface area (Å²) in [5.41, 5.74) is 4.18. The quantitative estimate of drug-likeness (QED) is 0.688. The zero-order valence-electron chi connectivity index (χ0n) is 10.3. The van der Waals surface area contributed by atoms with E-state index >= 15 is 0 Å². The third kappa shape index (κ3) is 1.58. The molecule has 0 atom stereocenters. The van der Waals surface area contributed by atoms with Crippen LogP contribution < -0.4 is 0 Å². The molecular formula is C14H15N3. The van der Waals surface area contributed by atoms with Crippen molar-refractivity contribution in [2.75, 3.05) is 0 Å². The Morgan fingerprint density at radius 2 is 1.76 bits per heavy atom. The number of H-pyrrole nitrogens is 1. The Kier molecular flexibility index (Phi) is 2.15. The fourth-order valence-corrected chi connectivity index (χ4v) is 2.08. The van der Waals surface area contributed by atoms with E-state index in [0.717, 1.165) is 33.5 Å². The van der Waals surface area contributed by atoms with Crippen LogP contribution in [0.2, 0.25) is 0 Å². The summed E-state index contributed by atoms with van der Waals surface area (Å²) < 4.78 is 0. The lowest BCUT2D eigenvalue weighted by Gasteiger charge is -1.99. The number of fused-ring (bicyclic) bond motifs is 3. The molecule has 1 aromatic carbocycles. The van der Waals surface area contributed by atoms with Crippen molar-refractivity contribution in [3.8, 4) is 0 Å². The molecule has 0 saturated heterocycles. The number of hydrogen-bond donors (Lipinski definition) is 1. The SMILES string of the molecule is Cc1ccc2c(ccc3nc(C(C)C)[nH]c32)n1. The Morgan fingerprint density at radius 1 is 1.00 bits per heavy atom. The zero-order chi connectivity index (χ0) is 12.0. The van der Waals surface area contributed by atoms with Gasteiger partial charge >= 0.3 is 0 Å². The first-order chi connectivity index (χ1) is 8.15. The minimum Gasteiger partial charge on any atom is -0.341 e. The van der Waals surface area contributed by atoms with Crippen molar-refractivity contribution in [1.82, 2.24) is 15.0 Å². The normalized spacial score (nSPS) is 11.8. The number of benzene rings is 1. The number of hydrogen-bond acceptors (Lipinski definition) is 2. The number of aryl methyl sites for hydroxylation is 1. The summed E-state index contributed by atoms with van der Waals surface area (Å²) in [5.74, 6) is 1.45. The highest BCUT2D eigenvalue weighted by molar-refractivity contribution is 6.02. The monoisotopic (exact) mass is 225 g/mol. The van der Waals surface area contributed by atoms with Gasteiger partial charge in [-0.05, 0) is 31.2 Å². The lowest BCUT2D eigenvalue weighted by atomic mass is 10.2. The summed E-state index contributed by atoms with van der Waals surface area (Å²) in [4.78, 5) is 12.5. The van der Waals surface area contributed by atoms with Gasteiger partial charge in [0, 0.05) is 17.0 Å². The average Bonchev–Trinajstić information content (AvgIpc) is 2.72. The van der Waals surface area contributed by atoms with Gasteiger partial charge < -0.3 is 4.98 Å². The Morgan fingerprint density at radius 3 is 2.53 bits per heavy atom. The Hall–Kier alpha value is -1.90. The summed E-state index contributed by atoms with van der Waals surface area (Å²) in [6.07, 6.45) is 0. The predicted octanol–water partition coefficient (Wildman–Crippen LogP) is 3.54. The third-order valence-corrected chi connectivity index (χ3v) is 3.03. The highest BCUT2D eigenvalue weighted by atomic mass is 14.9. The molecule has 86 valence electrons. The number of aromatic amines is 1. The van der Waals surface area contributed by atoms with Gasteiger partial charge in [0.2, 0.25) is 0 Å². The van der Waals surface area contributed by atoms with Crippen molar-refractivity contribution < 1.29 is 0 Å². The molecule has 0 saturated carbocycles. The Labute approximate surface area is 99.9 Å². The molecule has 3 nitrogen and oxygen atoms in total. The molecule has 0 spiro atoms. The van der Waals surface area contributed by atoms with Crippen LogP contribution in [-0.4, -0.2) is 15.0 Å². The second kappa shape index (κ2) is 3.55. The van der Waals surface area contributed by atoms with Gasteiger partial charge in [-0.3, -0.25) is 4.98 Å². The average molecular weight is 225 g/mol. The van der Waals surface area contributed by atoms with E-state index in [1.807, 2.05) is 25.1 Å². The van der Waals surface area contributed by atoms with Crippen molar-refractivity contribution in [2.45, 2.75) is 26.7 Å². The third-order valence-electron chi connectivity index (χ3n) is 3.03. The van der Waals surface area contributed by atoms with Gasteiger partial charge in [0.25, 0.3) is 0 Å². The molecule has 2 heterocycles. The fourth-order valence-electron chi connectivity index (χ4n) is 2.08. The van der Waals surface area contributed by atoms with Crippen molar-refractivity contribution in [2.24, 2.45) is 0 Å². The van der Waals surface area contributed by atoms with E-state index in [-0.39, 0.29) is 0 Å². The van der Waals surface area contributed by atoms with E-state index in [0.29, 0.717) is 5.92 Å². The molecule has 0 aliphatic rings. The molecule has 0 fully saturated rings. The minimum atomic E-state index is 0.413. The van der Waals surface area contributed by atoms with Crippen molar-refractivity contribution in [1.29, 1.82) is 0 Å². The molecule has 3 heteroatoms. The maximum atomic E-state index is 4.60. The molecule has 3 aromatic rings. The topological polar surface area (TPSA) is 41.6 Å². The molecule has 0 amide bonds. The van der Waals surface area contributed by atoms with Gasteiger partial charge in [-0.25, -0.2) is 4.98 Å². The van der Waals surface area contributed by atoms with E-state index in [9.17, 15) is 0 Å². The van der Waals surface area contributed by atoms with Crippen molar-refractivity contribution in [3.05, 3.63) is 35.8 Å². The number of rotatable bonds is 1. The number of aromatic nitrogens is 3. The molecule has 3 rings (SSSR count). The van der Waals surface area contributed by atoms with Gasteiger partial charge in [-0.15, -0.1) is 0 Å². The maximum Gasteiger partial charge on any atom is 0.109 e. The van der Waals surface area contributed by atoms with Crippen LogP contribution in [0.4, 0.5) is 0 Å². The van der Waals surface area contributed by atoms with Crippen LogP contribution >= 0.6 is 0 Å². The first kappa shape index (κ1) is 10.3. The summed E-state index contributed by atoms with van der Waals surface area (Å²) in [7, 11) is 0. The molecule has 17 heavy (non-hydrogen) atoms. The summed E-state index contributed by atoms with van der Waals surface area (Å²) >= 11 is 0. The number of nitrogens with zero attached hydrogens (tertiary/aromatic N) is 2. The minimum absolute atomic E-state index is 0.413. The molecule has 0 radical (unpaired) electrons. The standard InChI is InChI=1S/C14H15N3/c1-8(2)14-16-12-7-6-11-10(13(12)17-14)5-4-9(3)15-11/h4-8H,1-3H3,(H,16,17). The first-order valence-corrected chi connectivity index (χ1v) is 5.91. The van der Waals surface area contributed by atoms with E-state index in [1.54, 1.807) is 0 Å². The number of nitrogens with one attached hydrogen (secondary N) is 1. The highest BCUT2D eigenvalue weighted by Gasteiger charge is 2.09. The van der Waals surface area contributed by atoms with Gasteiger partial charge in [0.1, 0.15) is 5.82 Å². The second-order valence-corrected chi connectivity index (χ2v) is 4.76. The zero-order valence-corrected chi connectivity index (χ0v) is 10.3. The maximum absolute atomic E-state index is 4.60. The summed E-state index contributed by atoms with van der Waals surface area (Å²) in [6, 6.07) is 8.22. The van der Waals surface area contributed by atoms with Gasteiger partial charge in [0.05, 0.1) is 16.6 Å². The van der Waals surface area contributed by atoms with Gasteiger partial charge in [0.15, 0.2) is 0 Å². The summed E-state index contributed by atoms with van der Waals surface area (Å²) in [6.45, 7) is 6.29. The van der Waals surface area contributed by atoms with Crippen LogP contribution in [0.5, 0.6) is 0 Å². The van der Waals surface area contributed by atoms with Crippen LogP contribution in [0.3, 0.4) is 0 Å². The van der Waals surface area contributed by atoms with E-state index in [4.69, 9.17) is 0 Å². The summed E-state index contributed by atoms with van der Waals surface area (Å²) in [5, 5.41) is 1.15. The fraction of sp³-hybridized carbons (Fsp3) is 0.286. The lowest BCUT2D eigenvalue weighted by molar-refractivity contribution is 0.799. The van der Waals surface area contributed by atoms with Gasteiger partial charge in [-0.2, -0.15) is 0 Å². The van der Waals surface area contributed by atoms with E-state index < -0.39 is 0 Å². The van der Waals surface area contributed by atoms with Crippen LogP contribution in [0.25, 0.3) is 21.9 Å². The molecule has 0 unspecified atom stereocenters. The molecular weight excluding hydrogens is 210 g/mol. The molecule has 0 aliphatic heterocycles. The highest BCUT2D eigenvalue weighted by Crippen LogP contribution is 2.24. The molecule has 1 N–H and O–H groups in total. The van der Waals surface area contributed by atoms with Crippen LogP contribution in [0, 0.1) is 6.92 Å². The second-order valence-electron chi connectivity index (χ2n) is 4.76. The Bertz CT molecular complexity index is 695. The van der Waals surface area contributed by atoms with Crippen molar-refractivity contribution in [3.63, 3.8) is 0 Å². The van der Waals surface area contributed by atoms with Crippen LogP contribution in [0.1, 0.15) is 31.3 Å². The number of imidazole rings is 1. The Balaban J connectivity index is 2.38. The smallest absolute Gasteiger partial charge is 0.109 e. The molecule has 0 aliphatic carbocycles. The van der Waals surface area contributed by atoms with Crippen LogP contribution in [-0.2, 0) is 0 Å². The number of pyridine rings is 1. The van der Waals surface area contributed by atoms with E-state index in [2.05, 4.69) is 34.9 Å². The molecule has 0 bridgehead atoms. The lowest BCUT2D eigenvalue weighted by Crippen LogP contribution is -1.88. The predicted molar refractivity (Wildman–Crippen MR) is 70.2 cm³/mol. The molecule has 2 aromatic heterocycles. The van der Waals surface area contributed by atoms with Gasteiger partial charge in [-0.1, -0.05) is 13.8 Å².